The molecule has 0 saturated heterocycles. The number of ether oxygens (including phenoxy) is 3. The molecule has 0 amide bonds. The van der Waals surface area contributed by atoms with Crippen molar-refractivity contribution < 1.29 is 14.2 Å². The second kappa shape index (κ2) is 15.9. The number of allylic oxidation sites excluding steroid dienone is 3. The van der Waals surface area contributed by atoms with Crippen LogP contribution in [0.2, 0.25) is 0 Å². The minimum atomic E-state index is 0.0815. The van der Waals surface area contributed by atoms with Crippen LogP contribution >= 0.6 is 0 Å². The smallest absolute Gasteiger partial charge is 0.331 e. The Kier molecular flexibility index (Phi) is 12.0. The zero-order chi connectivity index (χ0) is 35.1. The molecule has 3 aromatic carbocycles. The molecule has 1 heterocycles. The monoisotopic (exact) mass is 645 g/mol. The number of benzene rings is 3. The van der Waals surface area contributed by atoms with Gasteiger partial charge in [-0.2, -0.15) is 0 Å². The van der Waals surface area contributed by atoms with Gasteiger partial charge >= 0.3 is 18.0 Å². The molecule has 4 aromatic rings. The molecule has 0 aliphatic rings. The third-order valence-electron chi connectivity index (χ3n) is 7.88. The molecule has 0 saturated carbocycles. The second-order valence-electron chi connectivity index (χ2n) is 13.9. The first-order valence-corrected chi connectivity index (χ1v) is 16.8. The summed E-state index contributed by atoms with van der Waals surface area (Å²) in [7, 11) is 0. The summed E-state index contributed by atoms with van der Waals surface area (Å²) >= 11 is 0. The van der Waals surface area contributed by atoms with Gasteiger partial charge in [0, 0.05) is 0 Å². The standard InChI is InChI=1S/C42H51N3O3/c1-25(2)22-31-16-13-19-34(28(7)8)37(31)46-40-43-41(47-38-32(23-26(3)4)17-14-20-35(38)29(9)10)45-42(44-40)48-39-33(24-27(5)6)18-15-21-36(39)30(11)12/h13-21,28-30H,1,3,5,22-24H2,2,4,6-12H3. The molecule has 0 aliphatic heterocycles. The predicted molar refractivity (Wildman–Crippen MR) is 197 cm³/mol. The van der Waals surface area contributed by atoms with Gasteiger partial charge < -0.3 is 14.2 Å². The number of hydrogen-bond donors (Lipinski definition) is 0. The molecule has 252 valence electrons. The van der Waals surface area contributed by atoms with Crippen LogP contribution in [-0.2, 0) is 19.3 Å². The lowest BCUT2D eigenvalue weighted by Gasteiger charge is -2.20. The Morgan fingerprint density at radius 1 is 0.479 bits per heavy atom. The molecule has 0 radical (unpaired) electrons. The summed E-state index contributed by atoms with van der Waals surface area (Å²) in [5.41, 5.74) is 9.21. The Balaban J connectivity index is 1.92. The highest BCUT2D eigenvalue weighted by molar-refractivity contribution is 5.49. The van der Waals surface area contributed by atoms with Gasteiger partial charge in [0.2, 0.25) is 0 Å². The fourth-order valence-corrected chi connectivity index (χ4v) is 5.68. The van der Waals surface area contributed by atoms with E-state index in [-0.39, 0.29) is 35.8 Å². The van der Waals surface area contributed by atoms with E-state index in [0.717, 1.165) is 50.1 Å². The number of rotatable bonds is 15. The third kappa shape index (κ3) is 9.21. The van der Waals surface area contributed by atoms with Gasteiger partial charge in [-0.15, -0.1) is 15.0 Å². The molecule has 0 bridgehead atoms. The number of hydrogen-bond acceptors (Lipinski definition) is 6. The van der Waals surface area contributed by atoms with E-state index in [0.29, 0.717) is 36.5 Å². The van der Waals surface area contributed by atoms with Crippen molar-refractivity contribution in [1.29, 1.82) is 0 Å². The van der Waals surface area contributed by atoms with E-state index in [2.05, 4.69) is 116 Å². The SMILES string of the molecule is C=C(C)Cc1cccc(C(C)C)c1Oc1nc(Oc2c(CC(=C)C)cccc2C(C)C)nc(Oc2c(CC(=C)C)cccc2C(C)C)n1. The summed E-state index contributed by atoms with van der Waals surface area (Å²) in [5.74, 6) is 2.70. The van der Waals surface area contributed by atoms with Gasteiger partial charge in [0.25, 0.3) is 0 Å². The van der Waals surface area contributed by atoms with Crippen molar-refractivity contribution >= 4 is 0 Å². The van der Waals surface area contributed by atoms with Crippen LogP contribution in [0.15, 0.2) is 91.1 Å². The molecule has 0 spiro atoms. The Bertz CT molecular complexity index is 1580. The summed E-state index contributed by atoms with van der Waals surface area (Å²) in [6.45, 7) is 31.3. The van der Waals surface area contributed by atoms with Crippen LogP contribution in [0.3, 0.4) is 0 Å². The number of para-hydroxylation sites is 3. The number of nitrogens with zero attached hydrogens (tertiary/aromatic N) is 3. The van der Waals surface area contributed by atoms with Gasteiger partial charge in [-0.3, -0.25) is 0 Å². The molecule has 6 nitrogen and oxygen atoms in total. The molecule has 6 heteroatoms. The summed E-state index contributed by atoms with van der Waals surface area (Å²) in [6, 6.07) is 18.8. The van der Waals surface area contributed by atoms with Crippen molar-refractivity contribution in [2.45, 2.75) is 99.3 Å². The van der Waals surface area contributed by atoms with Crippen LogP contribution < -0.4 is 14.2 Å². The quantitative estimate of drug-likeness (QED) is 0.120. The molecule has 0 fully saturated rings. The average molecular weight is 646 g/mol. The molecule has 0 N–H and O–H groups in total. The predicted octanol–water partition coefficient (Wildman–Crippen LogP) is 12.0. The lowest BCUT2D eigenvalue weighted by Crippen LogP contribution is -2.07. The summed E-state index contributed by atoms with van der Waals surface area (Å²) < 4.78 is 19.8. The Morgan fingerprint density at radius 2 is 0.729 bits per heavy atom. The van der Waals surface area contributed by atoms with Crippen LogP contribution in [0, 0.1) is 0 Å². The van der Waals surface area contributed by atoms with Crippen LogP contribution in [0.5, 0.6) is 35.3 Å². The van der Waals surface area contributed by atoms with Gasteiger partial charge in [0.1, 0.15) is 17.2 Å². The first-order chi connectivity index (χ1) is 22.7. The van der Waals surface area contributed by atoms with Crippen molar-refractivity contribution in [3.8, 4) is 35.3 Å². The minimum Gasteiger partial charge on any atom is -0.423 e. The van der Waals surface area contributed by atoms with Crippen molar-refractivity contribution in [2.24, 2.45) is 0 Å². The fourth-order valence-electron chi connectivity index (χ4n) is 5.68. The maximum absolute atomic E-state index is 6.61. The van der Waals surface area contributed by atoms with Crippen LogP contribution in [0.4, 0.5) is 0 Å². The highest BCUT2D eigenvalue weighted by Crippen LogP contribution is 2.39. The second-order valence-corrected chi connectivity index (χ2v) is 13.9. The van der Waals surface area contributed by atoms with Crippen molar-refractivity contribution in [1.82, 2.24) is 15.0 Å². The Labute approximate surface area is 287 Å². The normalized spacial score (nSPS) is 11.2. The van der Waals surface area contributed by atoms with Gasteiger partial charge in [-0.05, 0) is 91.2 Å². The van der Waals surface area contributed by atoms with Gasteiger partial charge in [0.05, 0.1) is 0 Å². The molecular formula is C42H51N3O3. The lowest BCUT2D eigenvalue weighted by molar-refractivity contribution is 0.354. The molecule has 0 atom stereocenters. The molecular weight excluding hydrogens is 594 g/mol. The zero-order valence-electron chi connectivity index (χ0n) is 30.2. The number of aromatic nitrogens is 3. The van der Waals surface area contributed by atoms with Gasteiger partial charge in [-0.25, -0.2) is 0 Å². The van der Waals surface area contributed by atoms with E-state index in [1.54, 1.807) is 0 Å². The topological polar surface area (TPSA) is 66.4 Å². The molecule has 1 aromatic heterocycles. The maximum Gasteiger partial charge on any atom is 0.331 e. The highest BCUT2D eigenvalue weighted by atomic mass is 16.5. The lowest BCUT2D eigenvalue weighted by atomic mass is 9.96. The highest BCUT2D eigenvalue weighted by Gasteiger charge is 2.22. The van der Waals surface area contributed by atoms with E-state index in [1.165, 1.54) is 0 Å². The fraction of sp³-hybridized carbons (Fsp3) is 0.357. The minimum absolute atomic E-state index is 0.0815. The molecule has 0 unspecified atom stereocenters. The molecule has 4 rings (SSSR count). The largest absolute Gasteiger partial charge is 0.423 e. The third-order valence-corrected chi connectivity index (χ3v) is 7.88. The zero-order valence-corrected chi connectivity index (χ0v) is 30.2. The van der Waals surface area contributed by atoms with Crippen molar-refractivity contribution in [2.75, 3.05) is 0 Å². The molecule has 0 aliphatic carbocycles. The first-order valence-electron chi connectivity index (χ1n) is 16.8. The van der Waals surface area contributed by atoms with Crippen molar-refractivity contribution in [3.63, 3.8) is 0 Å². The Hall–Kier alpha value is -4.71. The summed E-state index contributed by atoms with van der Waals surface area (Å²) in [5, 5.41) is 0. The van der Waals surface area contributed by atoms with E-state index < -0.39 is 0 Å². The van der Waals surface area contributed by atoms with E-state index in [1.807, 2.05) is 20.8 Å². The van der Waals surface area contributed by atoms with Gasteiger partial charge in [-0.1, -0.05) is 133 Å². The van der Waals surface area contributed by atoms with Crippen LogP contribution in [0.1, 0.15) is 113 Å². The Morgan fingerprint density at radius 3 is 0.938 bits per heavy atom. The van der Waals surface area contributed by atoms with Crippen LogP contribution in [-0.4, -0.2) is 15.0 Å². The van der Waals surface area contributed by atoms with E-state index in [4.69, 9.17) is 29.2 Å². The first kappa shape index (κ1) is 36.1. The van der Waals surface area contributed by atoms with Gasteiger partial charge in [0.15, 0.2) is 0 Å². The van der Waals surface area contributed by atoms with Crippen molar-refractivity contribution in [3.05, 3.63) is 124 Å². The van der Waals surface area contributed by atoms with E-state index >= 15 is 0 Å². The summed E-state index contributed by atoms with van der Waals surface area (Å²) in [6.07, 6.45) is 1.98. The maximum atomic E-state index is 6.61. The summed E-state index contributed by atoms with van der Waals surface area (Å²) in [4.78, 5) is 14.2. The van der Waals surface area contributed by atoms with E-state index in [9.17, 15) is 0 Å². The van der Waals surface area contributed by atoms with Crippen LogP contribution in [0.25, 0.3) is 0 Å². The average Bonchev–Trinajstić information content (AvgIpc) is 2.98. The molecule has 48 heavy (non-hydrogen) atoms.